The summed E-state index contributed by atoms with van der Waals surface area (Å²) in [7, 11) is 0. The normalized spacial score (nSPS) is 14.7. The number of carbonyl (C=O) groups is 2. The summed E-state index contributed by atoms with van der Waals surface area (Å²) in [4.78, 5) is 37.1. The number of hydrogen-bond donors (Lipinski definition) is 6. The first-order valence-corrected chi connectivity index (χ1v) is 45.1. The number of thioether (sulfide) groups is 4. The first-order valence-electron chi connectivity index (χ1n) is 39.3. The number of phenolic OH excluding ortho intramolecular Hbond substituents is 4. The van der Waals surface area contributed by atoms with Crippen LogP contribution in [0.25, 0.3) is 0 Å². The zero-order valence-corrected chi connectivity index (χ0v) is 81.2. The van der Waals surface area contributed by atoms with Crippen LogP contribution in [0, 0.1) is 0 Å². The largest absolute Gasteiger partial charge is 0.507 e. The Labute approximate surface area is 738 Å². The quantitative estimate of drug-likeness (QED) is 0.0228. The fourth-order valence-corrected chi connectivity index (χ4v) is 22.1. The van der Waals surface area contributed by atoms with Gasteiger partial charge in [-0.1, -0.05) is 212 Å². The van der Waals surface area contributed by atoms with Crippen molar-refractivity contribution < 1.29 is 45.0 Å². The van der Waals surface area contributed by atoms with Crippen molar-refractivity contribution in [2.45, 2.75) is 302 Å². The molecule has 6 N–H and O–H groups in total. The van der Waals surface area contributed by atoms with Gasteiger partial charge in [-0.15, -0.1) is 69.7 Å². The number of rotatable bonds is 21. The van der Waals surface area contributed by atoms with E-state index in [0.29, 0.717) is 64.5 Å². The van der Waals surface area contributed by atoms with Gasteiger partial charge in [0, 0.05) is 117 Å². The Morgan fingerprint density at radius 3 is 1.00 bits per heavy atom. The molecule has 2 aromatic heterocycles. The number of carboxylic acid groups (broad SMARTS) is 1. The third-order valence-electron chi connectivity index (χ3n) is 21.1. The molecule has 632 valence electrons. The van der Waals surface area contributed by atoms with Gasteiger partial charge in [0.1, 0.15) is 35.1 Å². The highest BCUT2D eigenvalue weighted by atomic mass is 35.5. The second kappa shape index (κ2) is 38.7. The van der Waals surface area contributed by atoms with E-state index in [1.165, 1.54) is 20.9 Å². The number of aromatic hydroxyl groups is 4. The molecule has 2 aliphatic heterocycles. The number of nitrogens with zero attached hydrogens (tertiary/aromatic N) is 2. The second-order valence-corrected chi connectivity index (χ2v) is 48.8. The van der Waals surface area contributed by atoms with Gasteiger partial charge in [0.05, 0.1) is 14.8 Å². The van der Waals surface area contributed by atoms with Gasteiger partial charge < -0.3 is 35.4 Å². The zero-order chi connectivity index (χ0) is 84.5. The van der Waals surface area contributed by atoms with E-state index in [1.54, 1.807) is 81.9 Å². The number of aliphatic carboxylic acids is 1. The number of carboxylic acids is 1. The molecule has 0 bridgehead atoms. The summed E-state index contributed by atoms with van der Waals surface area (Å²) in [5.74, 6) is 0.252. The number of phenols is 4. The van der Waals surface area contributed by atoms with Crippen molar-refractivity contribution >= 4 is 132 Å². The van der Waals surface area contributed by atoms with E-state index >= 15 is 0 Å². The molecule has 4 heterocycles. The van der Waals surface area contributed by atoms with E-state index in [2.05, 4.69) is 256 Å². The molecule has 2 aliphatic rings. The Balaban J connectivity index is 0.000000298. The summed E-state index contributed by atoms with van der Waals surface area (Å²) in [5.41, 5.74) is 9.07. The molecule has 115 heavy (non-hydrogen) atoms. The molecule has 11 nitrogen and oxygen atoms in total. The molecular formula is C94H130Cl2N2O9S8. The van der Waals surface area contributed by atoms with Crippen molar-refractivity contribution in [3.8, 4) is 23.0 Å². The fraction of sp³-hybridized carbons (Fsp3) is 0.511. The Kier molecular flexibility index (Phi) is 33.4. The van der Waals surface area contributed by atoms with E-state index in [9.17, 15) is 40.2 Å². The fourth-order valence-electron chi connectivity index (χ4n) is 14.7. The van der Waals surface area contributed by atoms with Gasteiger partial charge in [-0.25, -0.2) is 4.79 Å². The number of aliphatic hydroxyl groups excluding tert-OH is 1. The predicted molar refractivity (Wildman–Crippen MR) is 503 cm³/mol. The van der Waals surface area contributed by atoms with Crippen LogP contribution in [-0.4, -0.2) is 86.8 Å². The number of halogens is 2. The van der Waals surface area contributed by atoms with Crippen LogP contribution in [-0.2, 0) is 83.6 Å². The van der Waals surface area contributed by atoms with E-state index in [0.717, 1.165) is 95.6 Å². The van der Waals surface area contributed by atoms with Gasteiger partial charge in [-0.05, 0) is 203 Å². The maximum Gasteiger partial charge on any atom is 0.328 e. The molecule has 8 aromatic rings. The van der Waals surface area contributed by atoms with Crippen LogP contribution >= 0.6 is 120 Å². The molecule has 0 spiro atoms. The minimum Gasteiger partial charge on any atom is -0.507 e. The minimum absolute atomic E-state index is 0. The summed E-state index contributed by atoms with van der Waals surface area (Å²) in [6.07, 6.45) is 2.89. The monoisotopic (exact) mass is 1760 g/mol. The summed E-state index contributed by atoms with van der Waals surface area (Å²) < 4.78 is 5.63. The molecule has 0 saturated heterocycles. The highest BCUT2D eigenvalue weighted by Crippen LogP contribution is 2.55. The number of fused-ring (bicyclic) bond motifs is 2. The maximum absolute atomic E-state index is 14.1. The SMILES string of the molecule is CC(C)(Sc1cc(C(C)(C)C)c(O)c(C(C)(C)C)c1)Sc1cc(C(C)(C)C)c(O)c(C(C)(C)CCO)c1.CC(C)(Sc1cc(C(C)(C)C)c(O)c(C(C)(C)C)c1)Sc1cc(C(C)(C)C)c(O)c(C(C)(C)CCOC(=O)[C@H](c2ccccc2Cl)N2CCc3sccc3C2)c1.O=C(O)[C@H](c1ccccc1Cl)N1CCc2sccc2C1.S.S. The van der Waals surface area contributed by atoms with Crippen LogP contribution in [0.2, 0.25) is 10.0 Å². The lowest BCUT2D eigenvalue weighted by Crippen LogP contribution is -2.39. The van der Waals surface area contributed by atoms with Crippen molar-refractivity contribution in [2.75, 3.05) is 26.3 Å². The Morgan fingerprint density at radius 1 is 0.426 bits per heavy atom. The van der Waals surface area contributed by atoms with Gasteiger partial charge in [0.15, 0.2) is 0 Å². The Bertz CT molecular complexity index is 4600. The molecule has 0 unspecified atom stereocenters. The number of aliphatic hydroxyl groups is 1. The van der Waals surface area contributed by atoms with Gasteiger partial charge in [-0.3, -0.25) is 14.6 Å². The lowest BCUT2D eigenvalue weighted by Gasteiger charge is -2.34. The van der Waals surface area contributed by atoms with E-state index in [-0.39, 0.29) is 92.2 Å². The number of thiophene rings is 2. The van der Waals surface area contributed by atoms with Crippen LogP contribution in [0.4, 0.5) is 0 Å². The third-order valence-corrected chi connectivity index (χ3v) is 28.7. The van der Waals surface area contributed by atoms with Gasteiger partial charge in [0.2, 0.25) is 0 Å². The average Bonchev–Trinajstić information content (AvgIpc) is 1.74. The summed E-state index contributed by atoms with van der Waals surface area (Å²) in [6, 6.07) is 34.7. The Hall–Kier alpha value is -4.58. The van der Waals surface area contributed by atoms with Gasteiger partial charge >= 0.3 is 11.9 Å². The van der Waals surface area contributed by atoms with Crippen molar-refractivity contribution in [1.82, 2.24) is 9.80 Å². The molecule has 0 aliphatic carbocycles. The standard InChI is InChI=1S/C47H62ClNO4S3.C32H50O3S2.C15H14ClNO2S.2H2S/c1-43(2,3)33-24-30(25-34(40(33)50)44(4,5)6)55-47(12,13)56-31-26-35(45(7,8)9)41(51)36(27-31)46(10,11)20-22-53-42(52)39(32-16-14-15-17-37(32)48)49-21-18-38-29(28-49)19-23-54-38;1-28(2,3)22-16-20(17-23(26(22)34)29(4,5)6)36-32(12,13)37-21-18-24(30(7,8)9)27(35)25(19-21)31(10,11)14-15-33;16-12-4-2-1-3-11(12)14(15(18)19)17-7-5-13-10(9-17)6-8-20-13;;/h14-17,19,23-27,39,50-51H,18,20-22,28H2,1-13H3;16-19,33-35H,14-15H2,1-13H3;1-4,6,8,14H,5,7,9H2,(H,18,19);2*1H2/t39-;;14-;;/m0.0../s1. The Morgan fingerprint density at radius 2 is 0.704 bits per heavy atom. The van der Waals surface area contributed by atoms with Crippen molar-refractivity contribution in [3.63, 3.8) is 0 Å². The van der Waals surface area contributed by atoms with Crippen LogP contribution in [0.3, 0.4) is 0 Å². The van der Waals surface area contributed by atoms with Crippen molar-refractivity contribution in [3.05, 3.63) is 207 Å². The highest BCUT2D eigenvalue weighted by molar-refractivity contribution is 8.18. The van der Waals surface area contributed by atoms with Crippen LogP contribution < -0.4 is 0 Å². The molecule has 6 aromatic carbocycles. The number of hydrogen-bond acceptors (Lipinski definition) is 16. The smallest absolute Gasteiger partial charge is 0.328 e. The van der Waals surface area contributed by atoms with E-state index < -0.39 is 23.5 Å². The van der Waals surface area contributed by atoms with Crippen molar-refractivity contribution in [2.24, 2.45) is 0 Å². The molecule has 0 fully saturated rings. The van der Waals surface area contributed by atoms with E-state index in [1.807, 2.05) is 41.3 Å². The highest BCUT2D eigenvalue weighted by Gasteiger charge is 2.39. The lowest BCUT2D eigenvalue weighted by atomic mass is 9.77. The number of ether oxygens (including phenoxy) is 1. The number of benzene rings is 6. The number of esters is 1. The maximum atomic E-state index is 14.1. The lowest BCUT2D eigenvalue weighted by molar-refractivity contribution is -0.151. The minimum atomic E-state index is -0.850. The summed E-state index contributed by atoms with van der Waals surface area (Å²) in [5, 5.41) is 70.2. The number of carbonyl (C=O) groups excluding carboxylic acids is 1. The predicted octanol–water partition coefficient (Wildman–Crippen LogP) is 26.4. The van der Waals surface area contributed by atoms with Crippen LogP contribution in [0.5, 0.6) is 23.0 Å². The summed E-state index contributed by atoms with van der Waals surface area (Å²) >= 11 is 23.5. The molecule has 0 saturated carbocycles. The third kappa shape index (κ3) is 25.5. The molecule has 2 atom stereocenters. The van der Waals surface area contributed by atoms with Crippen LogP contribution in [0.1, 0.15) is 281 Å². The molecular weight excluding hydrogens is 1630 g/mol. The second-order valence-electron chi connectivity index (χ2n) is 38.7. The van der Waals surface area contributed by atoms with Gasteiger partial charge in [0.25, 0.3) is 0 Å². The van der Waals surface area contributed by atoms with Crippen molar-refractivity contribution in [1.29, 1.82) is 0 Å². The zero-order valence-electron chi connectivity index (χ0n) is 72.8. The molecule has 0 amide bonds. The molecule has 10 rings (SSSR count). The molecule has 21 heteroatoms. The first-order chi connectivity index (χ1) is 51.9. The first kappa shape index (κ1) is 99.2. The van der Waals surface area contributed by atoms with Gasteiger partial charge in [-0.2, -0.15) is 27.0 Å². The van der Waals surface area contributed by atoms with Crippen LogP contribution in [0.15, 0.2) is 140 Å². The average molecular weight is 1760 g/mol. The summed E-state index contributed by atoms with van der Waals surface area (Å²) in [6.45, 7) is 58.8. The molecule has 0 radical (unpaired) electrons. The van der Waals surface area contributed by atoms with E-state index in [4.69, 9.17) is 27.9 Å². The topological polar surface area (TPSA) is 171 Å².